The van der Waals surface area contributed by atoms with Gasteiger partial charge < -0.3 is 10.4 Å². The minimum atomic E-state index is 0.110. The average molecular weight is 352 g/mol. The maximum absolute atomic E-state index is 9.99. The van der Waals surface area contributed by atoms with Crippen LogP contribution in [0.5, 0.6) is 5.75 Å². The highest BCUT2D eigenvalue weighted by Crippen LogP contribution is 2.41. The fraction of sp³-hybridized carbons (Fsp3) is 0.200. The van der Waals surface area contributed by atoms with Crippen molar-refractivity contribution in [2.45, 2.75) is 19.3 Å². The van der Waals surface area contributed by atoms with Crippen molar-refractivity contribution in [1.29, 1.82) is 0 Å². The molecule has 3 aromatic rings. The summed E-state index contributed by atoms with van der Waals surface area (Å²) in [6.45, 7) is 0. The Morgan fingerprint density at radius 1 is 1.18 bits per heavy atom. The van der Waals surface area contributed by atoms with Crippen molar-refractivity contribution in [1.82, 2.24) is 9.97 Å². The van der Waals surface area contributed by atoms with Gasteiger partial charge in [-0.2, -0.15) is 4.98 Å². The Bertz CT molecular complexity index is 894. The summed E-state index contributed by atoms with van der Waals surface area (Å²) in [5.74, 6) is 0.728. The second-order valence-electron chi connectivity index (χ2n) is 5.17. The first-order chi connectivity index (χ1) is 10.6. The van der Waals surface area contributed by atoms with Crippen molar-refractivity contribution in [3.63, 3.8) is 0 Å². The number of phenolic OH excluding ortho intramolecular Hbond substituents is 1. The molecule has 4 nitrogen and oxygen atoms in total. The molecule has 0 fully saturated rings. The number of fused-ring (bicyclic) bond motifs is 3. The number of nitrogens with zero attached hydrogens (tertiary/aromatic N) is 2. The number of rotatable bonds is 2. The quantitative estimate of drug-likeness (QED) is 0.507. The fourth-order valence-corrected chi connectivity index (χ4v) is 4.45. The maximum atomic E-state index is 9.99. The van der Waals surface area contributed by atoms with E-state index < -0.39 is 0 Å². The first-order valence-corrected chi connectivity index (χ1v) is 8.42. The first kappa shape index (κ1) is 14.1. The van der Waals surface area contributed by atoms with Gasteiger partial charge in [0.05, 0.1) is 11.1 Å². The van der Waals surface area contributed by atoms with Crippen LogP contribution < -0.4 is 5.32 Å². The number of phenols is 1. The Kier molecular flexibility index (Phi) is 3.36. The van der Waals surface area contributed by atoms with Crippen LogP contribution in [-0.4, -0.2) is 15.1 Å². The predicted octanol–water partition coefficient (Wildman–Crippen LogP) is 4.94. The summed E-state index contributed by atoms with van der Waals surface area (Å²) in [5, 5.41) is 14.9. The lowest BCUT2D eigenvalue weighted by molar-refractivity contribution is 0.478. The third-order valence-electron chi connectivity index (χ3n) is 3.75. The van der Waals surface area contributed by atoms with Gasteiger partial charge in [0.1, 0.15) is 16.4 Å². The maximum Gasteiger partial charge on any atom is 0.225 e. The topological polar surface area (TPSA) is 58.0 Å². The summed E-state index contributed by atoms with van der Waals surface area (Å²) in [6.07, 6.45) is 3.26. The van der Waals surface area contributed by atoms with Gasteiger partial charge in [0.2, 0.25) is 5.28 Å². The van der Waals surface area contributed by atoms with Crippen molar-refractivity contribution < 1.29 is 5.11 Å². The molecule has 2 N–H and O–H groups in total. The van der Waals surface area contributed by atoms with E-state index in [0.717, 1.165) is 29.5 Å². The molecule has 0 bridgehead atoms. The number of aromatic nitrogens is 2. The molecule has 1 aliphatic rings. The highest BCUT2D eigenvalue weighted by atomic mass is 35.5. The summed E-state index contributed by atoms with van der Waals surface area (Å²) in [4.78, 5) is 10.9. The van der Waals surface area contributed by atoms with E-state index in [-0.39, 0.29) is 11.0 Å². The van der Waals surface area contributed by atoms with Crippen LogP contribution in [-0.2, 0) is 12.8 Å². The Labute approximate surface area is 140 Å². The van der Waals surface area contributed by atoms with E-state index in [0.29, 0.717) is 16.5 Å². The molecule has 4 rings (SSSR count). The van der Waals surface area contributed by atoms with Crippen LogP contribution >= 0.6 is 34.5 Å². The van der Waals surface area contributed by atoms with Crippen LogP contribution in [0.3, 0.4) is 0 Å². The number of halogens is 2. The standard InChI is InChI=1S/C15H11Cl2N3OS/c16-7-4-5-10(21)9(6-7)18-13-12-8-2-1-3-11(8)22-14(12)20-15(17)19-13/h4-6,21H,1-3H2,(H,18,19,20). The minimum Gasteiger partial charge on any atom is -0.506 e. The largest absolute Gasteiger partial charge is 0.506 e. The third-order valence-corrected chi connectivity index (χ3v) is 5.34. The summed E-state index contributed by atoms with van der Waals surface area (Å²) in [6, 6.07) is 4.83. The highest BCUT2D eigenvalue weighted by molar-refractivity contribution is 7.19. The van der Waals surface area contributed by atoms with Crippen molar-refractivity contribution >= 4 is 56.3 Å². The Morgan fingerprint density at radius 2 is 2.05 bits per heavy atom. The molecule has 0 saturated carbocycles. The summed E-state index contributed by atoms with van der Waals surface area (Å²) in [5.41, 5.74) is 1.79. The normalized spacial score (nSPS) is 13.5. The van der Waals surface area contributed by atoms with Crippen molar-refractivity contribution in [2.24, 2.45) is 0 Å². The average Bonchev–Trinajstić information content (AvgIpc) is 3.02. The molecule has 0 aliphatic heterocycles. The fourth-order valence-electron chi connectivity index (χ4n) is 2.80. The predicted molar refractivity (Wildman–Crippen MR) is 90.8 cm³/mol. The Balaban J connectivity index is 1.89. The molecule has 1 aromatic carbocycles. The summed E-state index contributed by atoms with van der Waals surface area (Å²) < 4.78 is 0. The molecular weight excluding hydrogens is 341 g/mol. The van der Waals surface area contributed by atoms with Crippen molar-refractivity contribution in [3.05, 3.63) is 38.9 Å². The second kappa shape index (κ2) is 5.26. The van der Waals surface area contributed by atoms with E-state index in [1.165, 1.54) is 10.4 Å². The van der Waals surface area contributed by atoms with Crippen LogP contribution in [0.4, 0.5) is 11.5 Å². The molecule has 2 aromatic heterocycles. The van der Waals surface area contributed by atoms with Gasteiger partial charge >= 0.3 is 0 Å². The molecule has 0 radical (unpaired) electrons. The van der Waals surface area contributed by atoms with E-state index >= 15 is 0 Å². The van der Waals surface area contributed by atoms with Gasteiger partial charge in [-0.3, -0.25) is 0 Å². The summed E-state index contributed by atoms with van der Waals surface area (Å²) >= 11 is 13.7. The number of aromatic hydroxyl groups is 1. The molecule has 1 aliphatic carbocycles. The smallest absolute Gasteiger partial charge is 0.225 e. The van der Waals surface area contributed by atoms with E-state index in [9.17, 15) is 5.11 Å². The lowest BCUT2D eigenvalue weighted by atomic mass is 10.2. The molecule has 7 heteroatoms. The molecule has 0 amide bonds. The molecule has 2 heterocycles. The van der Waals surface area contributed by atoms with Crippen LogP contribution in [0.15, 0.2) is 18.2 Å². The monoisotopic (exact) mass is 351 g/mol. The van der Waals surface area contributed by atoms with Crippen LogP contribution in [0.1, 0.15) is 16.9 Å². The molecule has 0 unspecified atom stereocenters. The number of benzene rings is 1. The van der Waals surface area contributed by atoms with Gasteiger partial charge in [-0.1, -0.05) is 11.6 Å². The Morgan fingerprint density at radius 3 is 2.91 bits per heavy atom. The lowest BCUT2D eigenvalue weighted by Crippen LogP contribution is -1.97. The van der Waals surface area contributed by atoms with Crippen molar-refractivity contribution in [2.75, 3.05) is 5.32 Å². The van der Waals surface area contributed by atoms with Crippen LogP contribution in [0.25, 0.3) is 10.2 Å². The lowest BCUT2D eigenvalue weighted by Gasteiger charge is -2.10. The van der Waals surface area contributed by atoms with Gasteiger partial charge in [0, 0.05) is 9.90 Å². The zero-order valence-electron chi connectivity index (χ0n) is 11.4. The van der Waals surface area contributed by atoms with Crippen LogP contribution in [0.2, 0.25) is 10.3 Å². The van der Waals surface area contributed by atoms with E-state index in [2.05, 4.69) is 15.3 Å². The first-order valence-electron chi connectivity index (χ1n) is 6.85. The summed E-state index contributed by atoms with van der Waals surface area (Å²) in [7, 11) is 0. The molecule has 0 saturated heterocycles. The highest BCUT2D eigenvalue weighted by Gasteiger charge is 2.22. The van der Waals surface area contributed by atoms with E-state index in [4.69, 9.17) is 23.2 Å². The zero-order valence-corrected chi connectivity index (χ0v) is 13.7. The molecule has 22 heavy (non-hydrogen) atoms. The SMILES string of the molecule is Oc1ccc(Cl)cc1Nc1nc(Cl)nc2sc3c(c12)CCC3. The van der Waals surface area contributed by atoms with Gasteiger partial charge in [-0.25, -0.2) is 4.98 Å². The molecular formula is C15H11Cl2N3OS. The second-order valence-corrected chi connectivity index (χ2v) is 7.02. The van der Waals surface area contributed by atoms with Gasteiger partial charge in [0.25, 0.3) is 0 Å². The van der Waals surface area contributed by atoms with Gasteiger partial charge in [0.15, 0.2) is 0 Å². The van der Waals surface area contributed by atoms with E-state index in [1.54, 1.807) is 29.5 Å². The molecule has 0 atom stereocenters. The third kappa shape index (κ3) is 2.29. The van der Waals surface area contributed by atoms with Crippen molar-refractivity contribution in [3.8, 4) is 5.75 Å². The van der Waals surface area contributed by atoms with Gasteiger partial charge in [-0.15, -0.1) is 11.3 Å². The number of nitrogens with one attached hydrogen (secondary N) is 1. The van der Waals surface area contributed by atoms with Gasteiger partial charge in [-0.05, 0) is 54.6 Å². The number of hydrogen-bond acceptors (Lipinski definition) is 5. The number of hydrogen-bond donors (Lipinski definition) is 2. The van der Waals surface area contributed by atoms with E-state index in [1.807, 2.05) is 0 Å². The number of anilines is 2. The number of thiophene rings is 1. The number of aryl methyl sites for hydroxylation is 2. The molecule has 0 spiro atoms. The Hall–Kier alpha value is -1.56. The van der Waals surface area contributed by atoms with Crippen LogP contribution in [0, 0.1) is 0 Å². The molecule has 112 valence electrons. The minimum absolute atomic E-state index is 0.110. The zero-order chi connectivity index (χ0) is 15.3.